The highest BCUT2D eigenvalue weighted by molar-refractivity contribution is 6.39. The molecule has 2 heterocycles. The maximum Gasteiger partial charge on any atom is 0.290 e. The van der Waals surface area contributed by atoms with Crippen LogP contribution in [0.15, 0.2) is 35.3 Å². The minimum absolute atomic E-state index is 0.0221. The molecule has 1 aromatic rings. The molecule has 128 valence electrons. The van der Waals surface area contributed by atoms with Gasteiger partial charge in [0.05, 0.1) is 17.9 Å². The second-order valence-electron chi connectivity index (χ2n) is 6.24. The predicted octanol–water partition coefficient (Wildman–Crippen LogP) is 0.961. The molecule has 0 unspecified atom stereocenters. The Kier molecular flexibility index (Phi) is 4.53. The fourth-order valence-electron chi connectivity index (χ4n) is 2.99. The number of nitrogens with zero attached hydrogens (tertiary/aromatic N) is 3. The van der Waals surface area contributed by atoms with Crippen LogP contribution in [0.1, 0.15) is 20.8 Å². The third-order valence-corrected chi connectivity index (χ3v) is 4.04. The molecule has 2 amide bonds. The van der Waals surface area contributed by atoms with Gasteiger partial charge in [0.2, 0.25) is 5.84 Å². The van der Waals surface area contributed by atoms with Gasteiger partial charge in [-0.05, 0) is 32.9 Å². The van der Waals surface area contributed by atoms with E-state index in [9.17, 15) is 9.59 Å². The zero-order valence-electron chi connectivity index (χ0n) is 14.1. The number of para-hydroxylation sites is 1. The van der Waals surface area contributed by atoms with Gasteiger partial charge in [-0.2, -0.15) is 0 Å². The van der Waals surface area contributed by atoms with Crippen LogP contribution in [-0.4, -0.2) is 53.9 Å². The molecule has 1 aromatic carbocycles. The average Bonchev–Trinajstić information content (AvgIpc) is 2.56. The van der Waals surface area contributed by atoms with Crippen LogP contribution in [0.5, 0.6) is 0 Å². The topological polar surface area (TPSA) is 74.2 Å². The van der Waals surface area contributed by atoms with Gasteiger partial charge in [0.15, 0.2) is 0 Å². The SMILES string of the molecule is C[C@@H]1CN(C(=O)C2=N[C@H](C)C(=O)N(c3ccccc3)N2)C[C@@H](C)O1. The number of carbonyl (C=O) groups is 2. The van der Waals surface area contributed by atoms with Crippen LogP contribution >= 0.6 is 0 Å². The third-order valence-electron chi connectivity index (χ3n) is 4.04. The van der Waals surface area contributed by atoms with Crippen molar-refractivity contribution >= 4 is 23.3 Å². The van der Waals surface area contributed by atoms with Crippen molar-refractivity contribution in [3.05, 3.63) is 30.3 Å². The number of hydrogen-bond acceptors (Lipinski definition) is 5. The number of aliphatic imine (C=N–C) groups is 1. The molecule has 0 aromatic heterocycles. The van der Waals surface area contributed by atoms with Crippen LogP contribution in [0.3, 0.4) is 0 Å². The number of hydrazine groups is 1. The van der Waals surface area contributed by atoms with E-state index in [2.05, 4.69) is 10.4 Å². The number of ether oxygens (including phenoxy) is 1. The molecular weight excluding hydrogens is 308 g/mol. The van der Waals surface area contributed by atoms with E-state index in [0.29, 0.717) is 18.8 Å². The predicted molar refractivity (Wildman–Crippen MR) is 90.5 cm³/mol. The molecule has 2 aliphatic heterocycles. The Hall–Kier alpha value is -2.41. The number of morpholine rings is 1. The van der Waals surface area contributed by atoms with Gasteiger partial charge in [-0.25, -0.2) is 10.0 Å². The number of anilines is 1. The molecule has 0 radical (unpaired) electrons. The summed E-state index contributed by atoms with van der Waals surface area (Å²) in [6.07, 6.45) is -0.0441. The second kappa shape index (κ2) is 6.60. The number of amidine groups is 1. The monoisotopic (exact) mass is 330 g/mol. The molecule has 1 fully saturated rings. The van der Waals surface area contributed by atoms with Crippen molar-refractivity contribution in [3.63, 3.8) is 0 Å². The summed E-state index contributed by atoms with van der Waals surface area (Å²) in [7, 11) is 0. The number of nitrogens with one attached hydrogen (secondary N) is 1. The van der Waals surface area contributed by atoms with Gasteiger partial charge < -0.3 is 9.64 Å². The van der Waals surface area contributed by atoms with E-state index in [1.54, 1.807) is 11.8 Å². The highest BCUT2D eigenvalue weighted by Crippen LogP contribution is 2.17. The van der Waals surface area contributed by atoms with E-state index in [-0.39, 0.29) is 29.9 Å². The Morgan fingerprint density at radius 3 is 2.42 bits per heavy atom. The summed E-state index contributed by atoms with van der Waals surface area (Å²) in [6.45, 7) is 6.59. The van der Waals surface area contributed by atoms with E-state index >= 15 is 0 Å². The van der Waals surface area contributed by atoms with Gasteiger partial charge in [0, 0.05) is 13.1 Å². The molecule has 0 bridgehead atoms. The summed E-state index contributed by atoms with van der Waals surface area (Å²) in [4.78, 5) is 31.2. The van der Waals surface area contributed by atoms with E-state index < -0.39 is 6.04 Å². The standard InChI is InChI=1S/C17H22N4O3/c1-11-9-20(10-12(2)24-11)17(23)15-18-13(3)16(22)21(19-15)14-7-5-4-6-8-14/h4-8,11-13H,9-10H2,1-3H3,(H,18,19)/t11-,12-,13-/m1/s1. The molecule has 7 heteroatoms. The zero-order valence-corrected chi connectivity index (χ0v) is 14.1. The van der Waals surface area contributed by atoms with E-state index in [4.69, 9.17) is 4.74 Å². The van der Waals surface area contributed by atoms with Crippen LogP contribution < -0.4 is 10.4 Å². The smallest absolute Gasteiger partial charge is 0.290 e. The number of rotatable bonds is 2. The summed E-state index contributed by atoms with van der Waals surface area (Å²) < 4.78 is 5.66. The van der Waals surface area contributed by atoms with E-state index in [1.165, 1.54) is 5.01 Å². The molecular formula is C17H22N4O3. The Morgan fingerprint density at radius 1 is 1.17 bits per heavy atom. The molecule has 0 aliphatic carbocycles. The molecule has 3 rings (SSSR count). The van der Waals surface area contributed by atoms with Gasteiger partial charge in [-0.15, -0.1) is 0 Å². The summed E-state index contributed by atoms with van der Waals surface area (Å²) in [5, 5.41) is 1.39. The maximum absolute atomic E-state index is 12.8. The Labute approximate surface area is 141 Å². The number of amides is 2. The van der Waals surface area contributed by atoms with Crippen LogP contribution in [0.25, 0.3) is 0 Å². The molecule has 7 nitrogen and oxygen atoms in total. The molecule has 1 N–H and O–H groups in total. The average molecular weight is 330 g/mol. The lowest BCUT2D eigenvalue weighted by molar-refractivity contribution is -0.136. The van der Waals surface area contributed by atoms with Crippen LogP contribution in [-0.2, 0) is 14.3 Å². The van der Waals surface area contributed by atoms with Crippen molar-refractivity contribution in [2.75, 3.05) is 18.1 Å². The van der Waals surface area contributed by atoms with Crippen molar-refractivity contribution in [1.29, 1.82) is 0 Å². The highest BCUT2D eigenvalue weighted by atomic mass is 16.5. The van der Waals surface area contributed by atoms with Crippen molar-refractivity contribution in [1.82, 2.24) is 10.3 Å². The Bertz CT molecular complexity index is 651. The molecule has 1 saturated heterocycles. The first-order valence-corrected chi connectivity index (χ1v) is 8.14. The third kappa shape index (κ3) is 3.26. The van der Waals surface area contributed by atoms with Gasteiger partial charge in [0.25, 0.3) is 11.8 Å². The molecule has 24 heavy (non-hydrogen) atoms. The first-order valence-electron chi connectivity index (χ1n) is 8.14. The van der Waals surface area contributed by atoms with Crippen LogP contribution in [0.2, 0.25) is 0 Å². The summed E-state index contributed by atoms with van der Waals surface area (Å²) in [6, 6.07) is 8.56. The van der Waals surface area contributed by atoms with Crippen molar-refractivity contribution < 1.29 is 14.3 Å². The summed E-state index contributed by atoms with van der Waals surface area (Å²) in [5.74, 6) is -0.217. The normalized spacial score (nSPS) is 27.5. The Morgan fingerprint density at radius 2 is 1.79 bits per heavy atom. The minimum Gasteiger partial charge on any atom is -0.372 e. The Balaban J connectivity index is 1.81. The lowest BCUT2D eigenvalue weighted by Gasteiger charge is -2.37. The number of carbonyl (C=O) groups excluding carboxylic acids is 2. The molecule has 2 aliphatic rings. The van der Waals surface area contributed by atoms with Gasteiger partial charge in [-0.3, -0.25) is 15.0 Å². The number of hydrogen-bond donors (Lipinski definition) is 1. The fourth-order valence-corrected chi connectivity index (χ4v) is 2.99. The minimum atomic E-state index is -0.610. The van der Waals surface area contributed by atoms with Gasteiger partial charge >= 0.3 is 0 Å². The lowest BCUT2D eigenvalue weighted by atomic mass is 10.2. The second-order valence-corrected chi connectivity index (χ2v) is 6.24. The largest absolute Gasteiger partial charge is 0.372 e. The fraction of sp³-hybridized carbons (Fsp3) is 0.471. The lowest BCUT2D eigenvalue weighted by Crippen LogP contribution is -2.60. The van der Waals surface area contributed by atoms with E-state index in [0.717, 1.165) is 0 Å². The van der Waals surface area contributed by atoms with Gasteiger partial charge in [-0.1, -0.05) is 18.2 Å². The van der Waals surface area contributed by atoms with Crippen LogP contribution in [0.4, 0.5) is 5.69 Å². The maximum atomic E-state index is 12.8. The first-order chi connectivity index (χ1) is 11.5. The molecule has 3 atom stereocenters. The van der Waals surface area contributed by atoms with Crippen LogP contribution in [0, 0.1) is 0 Å². The van der Waals surface area contributed by atoms with E-state index in [1.807, 2.05) is 44.2 Å². The van der Waals surface area contributed by atoms with Crippen molar-refractivity contribution in [2.24, 2.45) is 4.99 Å². The molecule has 0 spiro atoms. The number of benzene rings is 1. The quantitative estimate of drug-likeness (QED) is 0.876. The summed E-state index contributed by atoms with van der Waals surface area (Å²) in [5.41, 5.74) is 3.56. The van der Waals surface area contributed by atoms with Gasteiger partial charge in [0.1, 0.15) is 6.04 Å². The zero-order chi connectivity index (χ0) is 17.3. The van der Waals surface area contributed by atoms with Crippen molar-refractivity contribution in [3.8, 4) is 0 Å². The van der Waals surface area contributed by atoms with Crippen molar-refractivity contribution in [2.45, 2.75) is 39.0 Å². The first kappa shape index (κ1) is 16.4. The highest BCUT2D eigenvalue weighted by Gasteiger charge is 2.34. The summed E-state index contributed by atoms with van der Waals surface area (Å²) >= 11 is 0. The molecule has 0 saturated carbocycles.